The third-order valence-corrected chi connectivity index (χ3v) is 4.47. The summed E-state index contributed by atoms with van der Waals surface area (Å²) >= 11 is 0. The van der Waals surface area contributed by atoms with E-state index in [9.17, 15) is 14.9 Å². The molecule has 24 heavy (non-hydrogen) atoms. The number of carbonyl (C=O) groups is 1. The van der Waals surface area contributed by atoms with Gasteiger partial charge in [0.1, 0.15) is 0 Å². The van der Waals surface area contributed by atoms with Gasteiger partial charge in [-0.25, -0.2) is 0 Å². The average molecular weight is 328 g/mol. The molecule has 0 unspecified atom stereocenters. The van der Waals surface area contributed by atoms with E-state index in [2.05, 4.69) is 15.5 Å². The van der Waals surface area contributed by atoms with Crippen molar-refractivity contribution in [3.8, 4) is 11.3 Å². The van der Waals surface area contributed by atoms with Gasteiger partial charge in [-0.15, -0.1) is 0 Å². The van der Waals surface area contributed by atoms with Crippen molar-refractivity contribution < 1.29 is 9.72 Å². The molecule has 2 aromatic rings. The van der Waals surface area contributed by atoms with E-state index in [1.54, 1.807) is 18.2 Å². The molecular formula is C17H20N4O3. The van der Waals surface area contributed by atoms with E-state index in [4.69, 9.17) is 0 Å². The standard InChI is InChI=1S/C17H20N4O3/c22-17(9-8-12-4-1-2-5-12)18-16-11-15(19-20-16)13-6-3-7-14(10-13)21(23)24/h3,6-7,10-12H,1-2,4-5,8-9H2,(H2,18,19,20,22). The first kappa shape index (κ1) is 16.2. The van der Waals surface area contributed by atoms with Crippen LogP contribution in [0.3, 0.4) is 0 Å². The molecule has 7 nitrogen and oxygen atoms in total. The number of hydrogen-bond acceptors (Lipinski definition) is 4. The number of carbonyl (C=O) groups excluding carboxylic acids is 1. The molecule has 3 rings (SSSR count). The van der Waals surface area contributed by atoms with Crippen molar-refractivity contribution in [2.24, 2.45) is 5.92 Å². The van der Waals surface area contributed by atoms with Gasteiger partial charge in [0, 0.05) is 30.2 Å². The molecule has 0 atom stereocenters. The number of H-pyrrole nitrogens is 1. The Morgan fingerprint density at radius 2 is 2.12 bits per heavy atom. The van der Waals surface area contributed by atoms with E-state index < -0.39 is 4.92 Å². The van der Waals surface area contributed by atoms with Crippen LogP contribution in [-0.4, -0.2) is 21.0 Å². The van der Waals surface area contributed by atoms with Crippen molar-refractivity contribution in [3.63, 3.8) is 0 Å². The first-order chi connectivity index (χ1) is 11.6. The maximum absolute atomic E-state index is 12.0. The number of nitrogens with one attached hydrogen (secondary N) is 2. The average Bonchev–Trinajstić information content (AvgIpc) is 3.25. The minimum absolute atomic E-state index is 0.0178. The Morgan fingerprint density at radius 1 is 1.33 bits per heavy atom. The topological polar surface area (TPSA) is 101 Å². The van der Waals surface area contributed by atoms with Gasteiger partial charge in [-0.2, -0.15) is 5.10 Å². The predicted molar refractivity (Wildman–Crippen MR) is 90.5 cm³/mol. The highest BCUT2D eigenvalue weighted by Crippen LogP contribution is 2.29. The number of nitro groups is 1. The molecule has 1 aromatic heterocycles. The summed E-state index contributed by atoms with van der Waals surface area (Å²) < 4.78 is 0. The third kappa shape index (κ3) is 3.98. The maximum Gasteiger partial charge on any atom is 0.270 e. The number of non-ortho nitro benzene ring substituents is 1. The highest BCUT2D eigenvalue weighted by Gasteiger charge is 2.17. The van der Waals surface area contributed by atoms with Gasteiger partial charge >= 0.3 is 0 Å². The van der Waals surface area contributed by atoms with Crippen LogP contribution in [0.5, 0.6) is 0 Å². The minimum Gasteiger partial charge on any atom is -0.309 e. The van der Waals surface area contributed by atoms with Gasteiger partial charge in [-0.3, -0.25) is 20.0 Å². The van der Waals surface area contributed by atoms with Crippen molar-refractivity contribution in [2.75, 3.05) is 5.32 Å². The lowest BCUT2D eigenvalue weighted by atomic mass is 10.0. The molecule has 1 aliphatic carbocycles. The molecule has 1 aliphatic rings. The molecule has 2 N–H and O–H groups in total. The van der Waals surface area contributed by atoms with Gasteiger partial charge in [0.25, 0.3) is 5.69 Å². The van der Waals surface area contributed by atoms with Gasteiger partial charge in [0.15, 0.2) is 5.82 Å². The zero-order valence-electron chi connectivity index (χ0n) is 13.3. The second kappa shape index (κ2) is 7.25. The minimum atomic E-state index is -0.439. The summed E-state index contributed by atoms with van der Waals surface area (Å²) in [5, 5.41) is 20.5. The van der Waals surface area contributed by atoms with Crippen LogP contribution in [0.4, 0.5) is 11.5 Å². The Labute approximate surface area is 139 Å². The van der Waals surface area contributed by atoms with Crippen LogP contribution >= 0.6 is 0 Å². The SMILES string of the molecule is O=C(CCC1CCCC1)Nc1cc(-c2cccc([N+](=O)[O-])c2)[nH]n1. The number of nitrogens with zero attached hydrogens (tertiary/aromatic N) is 2. The Hall–Kier alpha value is -2.70. The van der Waals surface area contributed by atoms with Gasteiger partial charge in [0.2, 0.25) is 5.91 Å². The van der Waals surface area contributed by atoms with E-state index >= 15 is 0 Å². The molecule has 7 heteroatoms. The van der Waals surface area contributed by atoms with E-state index in [1.165, 1.54) is 37.8 Å². The van der Waals surface area contributed by atoms with Gasteiger partial charge < -0.3 is 5.32 Å². The molecule has 0 aliphatic heterocycles. The summed E-state index contributed by atoms with van der Waals surface area (Å²) in [5.74, 6) is 1.07. The fourth-order valence-corrected chi connectivity index (χ4v) is 3.16. The Bertz CT molecular complexity index is 735. The fourth-order valence-electron chi connectivity index (χ4n) is 3.16. The normalized spacial score (nSPS) is 14.7. The summed E-state index contributed by atoms with van der Waals surface area (Å²) in [7, 11) is 0. The van der Waals surface area contributed by atoms with Gasteiger partial charge in [-0.05, 0) is 12.3 Å². The van der Waals surface area contributed by atoms with Crippen LogP contribution < -0.4 is 5.32 Å². The van der Waals surface area contributed by atoms with E-state index in [1.807, 2.05) is 0 Å². The van der Waals surface area contributed by atoms with Crippen LogP contribution in [-0.2, 0) is 4.79 Å². The zero-order chi connectivity index (χ0) is 16.9. The molecule has 0 spiro atoms. The molecular weight excluding hydrogens is 308 g/mol. The summed E-state index contributed by atoms with van der Waals surface area (Å²) in [6, 6.07) is 7.97. The first-order valence-electron chi connectivity index (χ1n) is 8.22. The van der Waals surface area contributed by atoms with Crippen LogP contribution in [0.15, 0.2) is 30.3 Å². The Balaban J connectivity index is 1.59. The second-order valence-corrected chi connectivity index (χ2v) is 6.21. The molecule has 1 saturated carbocycles. The monoisotopic (exact) mass is 328 g/mol. The molecule has 1 aromatic carbocycles. The van der Waals surface area contributed by atoms with Crippen molar-refractivity contribution in [1.29, 1.82) is 0 Å². The van der Waals surface area contributed by atoms with E-state index in [-0.39, 0.29) is 11.6 Å². The van der Waals surface area contributed by atoms with E-state index in [0.717, 1.165) is 6.42 Å². The molecule has 1 fully saturated rings. The number of rotatable bonds is 6. The molecule has 0 radical (unpaired) electrons. The summed E-state index contributed by atoms with van der Waals surface area (Å²) in [5.41, 5.74) is 1.30. The fraction of sp³-hybridized carbons (Fsp3) is 0.412. The highest BCUT2D eigenvalue weighted by atomic mass is 16.6. The number of aromatic nitrogens is 2. The molecule has 1 heterocycles. The van der Waals surface area contributed by atoms with Crippen LogP contribution in [0.25, 0.3) is 11.3 Å². The van der Waals surface area contributed by atoms with E-state index in [0.29, 0.717) is 29.4 Å². The second-order valence-electron chi connectivity index (χ2n) is 6.21. The molecule has 1 amide bonds. The Kier molecular flexibility index (Phi) is 4.88. The smallest absolute Gasteiger partial charge is 0.270 e. The Morgan fingerprint density at radius 3 is 2.88 bits per heavy atom. The van der Waals surface area contributed by atoms with Crippen LogP contribution in [0.1, 0.15) is 38.5 Å². The number of amides is 1. The lowest BCUT2D eigenvalue weighted by molar-refractivity contribution is -0.384. The quantitative estimate of drug-likeness (QED) is 0.620. The third-order valence-electron chi connectivity index (χ3n) is 4.47. The molecule has 0 saturated heterocycles. The maximum atomic E-state index is 12.0. The van der Waals surface area contributed by atoms with Crippen molar-refractivity contribution in [3.05, 3.63) is 40.4 Å². The predicted octanol–water partition coefficient (Wildman–Crippen LogP) is 3.89. The summed E-state index contributed by atoms with van der Waals surface area (Å²) in [6.07, 6.45) is 6.44. The number of nitro benzene ring substituents is 1. The molecule has 0 bridgehead atoms. The lowest BCUT2D eigenvalue weighted by Crippen LogP contribution is -2.12. The van der Waals surface area contributed by atoms with Gasteiger partial charge in [-0.1, -0.05) is 37.8 Å². The van der Waals surface area contributed by atoms with Crippen molar-refractivity contribution >= 4 is 17.4 Å². The van der Waals surface area contributed by atoms with Crippen molar-refractivity contribution in [2.45, 2.75) is 38.5 Å². The zero-order valence-corrected chi connectivity index (χ0v) is 13.3. The number of hydrogen-bond donors (Lipinski definition) is 2. The summed E-state index contributed by atoms with van der Waals surface area (Å²) in [4.78, 5) is 22.4. The number of benzene rings is 1. The lowest BCUT2D eigenvalue weighted by Gasteiger charge is -2.07. The number of anilines is 1. The van der Waals surface area contributed by atoms with Crippen LogP contribution in [0.2, 0.25) is 0 Å². The largest absolute Gasteiger partial charge is 0.309 e. The summed E-state index contributed by atoms with van der Waals surface area (Å²) in [6.45, 7) is 0. The molecule has 126 valence electrons. The van der Waals surface area contributed by atoms with Crippen molar-refractivity contribution in [1.82, 2.24) is 10.2 Å². The van der Waals surface area contributed by atoms with Gasteiger partial charge in [0.05, 0.1) is 10.6 Å². The van der Waals surface area contributed by atoms with Crippen LogP contribution in [0, 0.1) is 16.0 Å². The number of aromatic amines is 1. The highest BCUT2D eigenvalue weighted by molar-refractivity contribution is 5.90. The first-order valence-corrected chi connectivity index (χ1v) is 8.22.